The monoisotopic (exact) mass is 265 g/mol. The molecule has 0 bridgehead atoms. The molecule has 18 heavy (non-hydrogen) atoms. The predicted molar refractivity (Wildman–Crippen MR) is 71.2 cm³/mol. The minimum absolute atomic E-state index is 0.267. The third kappa shape index (κ3) is 2.17. The number of carbonyl (C=O) groups is 1. The normalized spacial score (nSPS) is 25.1. The lowest BCUT2D eigenvalue weighted by Gasteiger charge is -2.24. The molecule has 1 unspecified atom stereocenters. The highest BCUT2D eigenvalue weighted by Crippen LogP contribution is 2.59. The van der Waals surface area contributed by atoms with Gasteiger partial charge < -0.3 is 10.2 Å². The average molecular weight is 265 g/mol. The summed E-state index contributed by atoms with van der Waals surface area (Å²) >= 11 is 1.58. The molecule has 2 fully saturated rings. The molecule has 4 nitrogen and oxygen atoms in total. The van der Waals surface area contributed by atoms with Crippen LogP contribution in [0.4, 0.5) is 0 Å². The van der Waals surface area contributed by atoms with E-state index in [0.717, 1.165) is 38.0 Å². The second-order valence-corrected chi connectivity index (χ2v) is 6.26. The molecule has 1 spiro atoms. The van der Waals surface area contributed by atoms with Gasteiger partial charge in [-0.3, -0.25) is 4.79 Å². The number of nitrogens with zero attached hydrogens (tertiary/aromatic N) is 2. The predicted octanol–water partition coefficient (Wildman–Crippen LogP) is 1.49. The maximum atomic E-state index is 12.4. The second-order valence-electron chi connectivity index (χ2n) is 5.54. The van der Waals surface area contributed by atoms with Crippen molar-refractivity contribution in [1.82, 2.24) is 15.2 Å². The molecule has 2 heterocycles. The van der Waals surface area contributed by atoms with Crippen molar-refractivity contribution in [2.45, 2.75) is 25.8 Å². The number of rotatable bonds is 3. The van der Waals surface area contributed by atoms with Crippen LogP contribution in [0.5, 0.6) is 0 Å². The lowest BCUT2D eigenvalue weighted by molar-refractivity contribution is -0.132. The number of thiazole rings is 1. The smallest absolute Gasteiger partial charge is 0.226 e. The van der Waals surface area contributed by atoms with Gasteiger partial charge in [-0.25, -0.2) is 4.98 Å². The van der Waals surface area contributed by atoms with E-state index in [9.17, 15) is 4.79 Å². The Kier molecular flexibility index (Phi) is 3.11. The van der Waals surface area contributed by atoms with E-state index in [4.69, 9.17) is 0 Å². The number of hydrogen-bond donors (Lipinski definition) is 1. The third-order valence-electron chi connectivity index (χ3n) is 4.35. The quantitative estimate of drug-likeness (QED) is 0.900. The van der Waals surface area contributed by atoms with Crippen LogP contribution in [0, 0.1) is 11.3 Å². The highest BCUT2D eigenvalue weighted by atomic mass is 32.1. The van der Waals surface area contributed by atoms with Gasteiger partial charge in [-0.2, -0.15) is 0 Å². The standard InChI is InChI=1S/C13H19N3OS/c1-16(7-10-8-18-9-15-10)12(17)11-6-13(11)2-4-14-5-3-13/h8-9,11,14H,2-7H2,1H3. The van der Waals surface area contributed by atoms with E-state index >= 15 is 0 Å². The number of carbonyl (C=O) groups excluding carboxylic acids is 1. The zero-order chi connectivity index (χ0) is 12.6. The maximum absolute atomic E-state index is 12.4. The SMILES string of the molecule is CN(Cc1cscn1)C(=O)C1CC12CCNCC2. The van der Waals surface area contributed by atoms with E-state index in [0.29, 0.717) is 17.9 Å². The van der Waals surface area contributed by atoms with Crippen molar-refractivity contribution in [2.75, 3.05) is 20.1 Å². The second kappa shape index (κ2) is 4.63. The lowest BCUT2D eigenvalue weighted by atomic mass is 9.91. The van der Waals surface area contributed by atoms with E-state index in [-0.39, 0.29) is 5.92 Å². The Bertz CT molecular complexity index is 425. The van der Waals surface area contributed by atoms with Gasteiger partial charge in [-0.05, 0) is 37.8 Å². The average Bonchev–Trinajstić information content (AvgIpc) is 2.84. The molecule has 98 valence electrons. The van der Waals surface area contributed by atoms with Crippen LogP contribution in [0.2, 0.25) is 0 Å². The molecular formula is C13H19N3OS. The molecule has 0 aromatic carbocycles. The maximum Gasteiger partial charge on any atom is 0.226 e. The number of amides is 1. The van der Waals surface area contributed by atoms with E-state index in [1.54, 1.807) is 11.3 Å². The van der Waals surface area contributed by atoms with E-state index in [1.807, 2.05) is 22.8 Å². The van der Waals surface area contributed by atoms with Crippen LogP contribution in [-0.4, -0.2) is 35.9 Å². The molecule has 1 aromatic heterocycles. The number of aromatic nitrogens is 1. The van der Waals surface area contributed by atoms with Crippen LogP contribution >= 0.6 is 11.3 Å². The molecule has 3 rings (SSSR count). The minimum Gasteiger partial charge on any atom is -0.340 e. The first-order chi connectivity index (χ1) is 8.71. The fourth-order valence-corrected chi connectivity index (χ4v) is 3.63. The van der Waals surface area contributed by atoms with Gasteiger partial charge in [-0.15, -0.1) is 11.3 Å². The van der Waals surface area contributed by atoms with Crippen LogP contribution in [-0.2, 0) is 11.3 Å². The number of hydrogen-bond acceptors (Lipinski definition) is 4. The fourth-order valence-electron chi connectivity index (χ4n) is 3.08. The highest BCUT2D eigenvalue weighted by Gasteiger charge is 2.58. The van der Waals surface area contributed by atoms with Crippen molar-refractivity contribution in [1.29, 1.82) is 0 Å². The number of nitrogens with one attached hydrogen (secondary N) is 1. The third-order valence-corrected chi connectivity index (χ3v) is 4.98. The molecule has 2 aliphatic rings. The van der Waals surface area contributed by atoms with Crippen LogP contribution in [0.15, 0.2) is 10.9 Å². The van der Waals surface area contributed by atoms with Gasteiger partial charge in [-0.1, -0.05) is 0 Å². The Morgan fingerprint density at radius 3 is 3.06 bits per heavy atom. The van der Waals surface area contributed by atoms with Crippen LogP contribution in [0.25, 0.3) is 0 Å². The molecule has 0 radical (unpaired) electrons. The molecular weight excluding hydrogens is 246 g/mol. The molecule has 1 amide bonds. The van der Waals surface area contributed by atoms with E-state index in [2.05, 4.69) is 10.3 Å². The highest BCUT2D eigenvalue weighted by molar-refractivity contribution is 7.07. The van der Waals surface area contributed by atoms with Gasteiger partial charge >= 0.3 is 0 Å². The zero-order valence-electron chi connectivity index (χ0n) is 10.7. The minimum atomic E-state index is 0.267. The van der Waals surface area contributed by atoms with Crippen molar-refractivity contribution in [2.24, 2.45) is 11.3 Å². The Balaban J connectivity index is 1.58. The van der Waals surface area contributed by atoms with Crippen LogP contribution < -0.4 is 5.32 Å². The molecule has 1 atom stereocenters. The summed E-state index contributed by atoms with van der Waals surface area (Å²) in [6, 6.07) is 0. The summed E-state index contributed by atoms with van der Waals surface area (Å²) in [7, 11) is 1.90. The van der Waals surface area contributed by atoms with Gasteiger partial charge in [0.2, 0.25) is 5.91 Å². The summed E-state index contributed by atoms with van der Waals surface area (Å²) in [5.74, 6) is 0.577. The van der Waals surface area contributed by atoms with E-state index < -0.39 is 0 Å². The van der Waals surface area contributed by atoms with Crippen molar-refractivity contribution >= 4 is 17.2 Å². The lowest BCUT2D eigenvalue weighted by Crippen LogP contribution is -2.34. The summed E-state index contributed by atoms with van der Waals surface area (Å²) < 4.78 is 0. The molecule has 1 aliphatic heterocycles. The Morgan fingerprint density at radius 2 is 2.39 bits per heavy atom. The van der Waals surface area contributed by atoms with E-state index in [1.165, 1.54) is 0 Å². The molecule has 1 saturated heterocycles. The van der Waals surface area contributed by atoms with Gasteiger partial charge in [0, 0.05) is 18.3 Å². The summed E-state index contributed by atoms with van der Waals surface area (Å²) in [4.78, 5) is 18.5. The van der Waals surface area contributed by atoms with Crippen molar-refractivity contribution in [3.8, 4) is 0 Å². The first kappa shape index (κ1) is 12.1. The summed E-state index contributed by atoms with van der Waals surface area (Å²) in [6.07, 6.45) is 3.41. The number of piperidine rings is 1. The van der Waals surface area contributed by atoms with Crippen molar-refractivity contribution < 1.29 is 4.79 Å². The molecule has 1 saturated carbocycles. The zero-order valence-corrected chi connectivity index (χ0v) is 11.5. The first-order valence-corrected chi connectivity index (χ1v) is 7.48. The summed E-state index contributed by atoms with van der Waals surface area (Å²) in [5.41, 5.74) is 3.15. The summed E-state index contributed by atoms with van der Waals surface area (Å²) in [5, 5.41) is 5.38. The van der Waals surface area contributed by atoms with Gasteiger partial charge in [0.05, 0.1) is 17.7 Å². The molecule has 1 aliphatic carbocycles. The Hall–Kier alpha value is -0.940. The van der Waals surface area contributed by atoms with Crippen molar-refractivity contribution in [3.05, 3.63) is 16.6 Å². The van der Waals surface area contributed by atoms with Crippen LogP contribution in [0.1, 0.15) is 25.0 Å². The Labute approximate surface area is 111 Å². The molecule has 1 N–H and O–H groups in total. The Morgan fingerprint density at radius 1 is 1.61 bits per heavy atom. The molecule has 1 aromatic rings. The van der Waals surface area contributed by atoms with Gasteiger partial charge in [0.25, 0.3) is 0 Å². The fraction of sp³-hybridized carbons (Fsp3) is 0.692. The van der Waals surface area contributed by atoms with Gasteiger partial charge in [0.1, 0.15) is 0 Å². The van der Waals surface area contributed by atoms with Crippen LogP contribution in [0.3, 0.4) is 0 Å². The van der Waals surface area contributed by atoms with Gasteiger partial charge in [0.15, 0.2) is 0 Å². The first-order valence-electron chi connectivity index (χ1n) is 6.54. The van der Waals surface area contributed by atoms with Crippen molar-refractivity contribution in [3.63, 3.8) is 0 Å². The topological polar surface area (TPSA) is 45.2 Å². The molecule has 5 heteroatoms. The summed E-state index contributed by atoms with van der Waals surface area (Å²) in [6.45, 7) is 2.78. The largest absolute Gasteiger partial charge is 0.340 e.